The van der Waals surface area contributed by atoms with Crippen LogP contribution in [-0.2, 0) is 11.3 Å². The number of para-hydroxylation sites is 1. The highest BCUT2D eigenvalue weighted by atomic mass is 16.2. The van der Waals surface area contributed by atoms with Crippen LogP contribution in [0.2, 0.25) is 0 Å². The topological polar surface area (TPSA) is 93.1 Å². The second-order valence-corrected chi connectivity index (χ2v) is 5.93. The fraction of sp³-hybridized carbons (Fsp3) is 0.158. The van der Waals surface area contributed by atoms with Crippen LogP contribution in [-0.4, -0.2) is 21.7 Å². The number of carbonyl (C=O) groups excluding carboxylic acids is 2. The van der Waals surface area contributed by atoms with Crippen LogP contribution in [0.15, 0.2) is 53.5 Å². The lowest BCUT2D eigenvalue weighted by atomic mass is 10.1. The fourth-order valence-electron chi connectivity index (χ4n) is 2.63. The van der Waals surface area contributed by atoms with Crippen molar-refractivity contribution in [1.29, 1.82) is 0 Å². The van der Waals surface area contributed by atoms with Gasteiger partial charge >= 0.3 is 6.03 Å². The summed E-state index contributed by atoms with van der Waals surface area (Å²) in [5.74, 6) is -0.533. The molecule has 0 atom stereocenters. The number of rotatable bonds is 3. The Balaban J connectivity index is 1.71. The summed E-state index contributed by atoms with van der Waals surface area (Å²) in [6.07, 6.45) is 1.16. The number of benzene rings is 2. The summed E-state index contributed by atoms with van der Waals surface area (Å²) in [7, 11) is 0. The molecular formula is C19H18N4O3. The van der Waals surface area contributed by atoms with Gasteiger partial charge in [0.2, 0.25) is 11.3 Å². The van der Waals surface area contributed by atoms with Crippen LogP contribution in [0, 0.1) is 13.8 Å². The van der Waals surface area contributed by atoms with E-state index in [1.807, 2.05) is 26.0 Å². The lowest BCUT2D eigenvalue weighted by Gasteiger charge is -2.12. The molecule has 1 heterocycles. The lowest BCUT2D eigenvalue weighted by molar-refractivity contribution is -0.120. The first-order valence-electron chi connectivity index (χ1n) is 8.07. The molecule has 0 aliphatic heterocycles. The number of aromatic nitrogens is 2. The van der Waals surface area contributed by atoms with Gasteiger partial charge in [0.15, 0.2) is 0 Å². The smallest absolute Gasteiger partial charge is 0.307 e. The predicted octanol–water partition coefficient (Wildman–Crippen LogP) is 2.36. The highest BCUT2D eigenvalue weighted by Crippen LogP contribution is 2.17. The second-order valence-electron chi connectivity index (χ2n) is 5.93. The van der Waals surface area contributed by atoms with E-state index in [-0.39, 0.29) is 12.0 Å². The highest BCUT2D eigenvalue weighted by Gasteiger charge is 2.12. The van der Waals surface area contributed by atoms with E-state index in [0.29, 0.717) is 16.6 Å². The third kappa shape index (κ3) is 3.61. The average molecular weight is 350 g/mol. The molecule has 1 aromatic heterocycles. The van der Waals surface area contributed by atoms with Crippen LogP contribution in [0.4, 0.5) is 10.5 Å². The maximum absolute atomic E-state index is 12.2. The van der Waals surface area contributed by atoms with Crippen molar-refractivity contribution in [2.24, 2.45) is 0 Å². The Labute approximate surface area is 149 Å². The minimum absolute atomic E-state index is 0.180. The summed E-state index contributed by atoms with van der Waals surface area (Å²) >= 11 is 0. The van der Waals surface area contributed by atoms with Crippen molar-refractivity contribution in [2.75, 3.05) is 5.32 Å². The van der Waals surface area contributed by atoms with Gasteiger partial charge in [-0.2, -0.15) is 5.10 Å². The minimum Gasteiger partial charge on any atom is -0.307 e. The normalized spacial score (nSPS) is 10.5. The molecule has 7 nitrogen and oxygen atoms in total. The van der Waals surface area contributed by atoms with E-state index in [1.165, 1.54) is 4.68 Å². The molecule has 3 aromatic rings. The molecule has 0 saturated heterocycles. The number of fused-ring (bicyclic) bond motifs is 1. The first-order valence-corrected chi connectivity index (χ1v) is 8.07. The molecule has 0 bridgehead atoms. The number of carbonyl (C=O) groups is 2. The molecule has 3 rings (SSSR count). The molecule has 0 aliphatic carbocycles. The number of imide groups is 1. The second kappa shape index (κ2) is 7.18. The molecular weight excluding hydrogens is 332 g/mol. The Hall–Kier alpha value is -3.48. The zero-order valence-electron chi connectivity index (χ0n) is 14.4. The van der Waals surface area contributed by atoms with Crippen molar-refractivity contribution >= 4 is 28.5 Å². The first kappa shape index (κ1) is 17.3. The van der Waals surface area contributed by atoms with Gasteiger partial charge in [-0.15, -0.1) is 0 Å². The number of nitrogens with one attached hydrogen (secondary N) is 2. The summed E-state index contributed by atoms with van der Waals surface area (Å²) < 4.78 is 1.39. The summed E-state index contributed by atoms with van der Waals surface area (Å²) in [6, 6.07) is 11.8. The largest absolute Gasteiger partial charge is 0.325 e. The molecule has 2 N–H and O–H groups in total. The maximum Gasteiger partial charge on any atom is 0.325 e. The molecule has 0 saturated carbocycles. The van der Waals surface area contributed by atoms with Crippen molar-refractivity contribution in [3.05, 3.63) is 70.0 Å². The molecule has 0 unspecified atom stereocenters. The summed E-state index contributed by atoms with van der Waals surface area (Å²) in [5, 5.41) is 9.38. The van der Waals surface area contributed by atoms with Gasteiger partial charge in [-0.05, 0) is 43.2 Å². The van der Waals surface area contributed by atoms with Crippen molar-refractivity contribution in [3.8, 4) is 0 Å². The van der Waals surface area contributed by atoms with Gasteiger partial charge in [-0.25, -0.2) is 4.79 Å². The van der Waals surface area contributed by atoms with Crippen LogP contribution in [0.5, 0.6) is 0 Å². The zero-order valence-corrected chi connectivity index (χ0v) is 14.4. The quantitative estimate of drug-likeness (QED) is 0.758. The molecule has 2 aromatic carbocycles. The molecule has 132 valence electrons. The number of urea groups is 1. The van der Waals surface area contributed by atoms with Crippen LogP contribution < -0.4 is 16.1 Å². The van der Waals surface area contributed by atoms with Crippen LogP contribution in [0.25, 0.3) is 10.9 Å². The van der Waals surface area contributed by atoms with Gasteiger partial charge in [0, 0.05) is 11.1 Å². The van der Waals surface area contributed by atoms with Crippen molar-refractivity contribution in [3.63, 3.8) is 0 Å². The average Bonchev–Trinajstić information content (AvgIpc) is 2.61. The molecule has 3 amide bonds. The van der Waals surface area contributed by atoms with E-state index < -0.39 is 11.9 Å². The van der Waals surface area contributed by atoms with Gasteiger partial charge in [0.1, 0.15) is 6.54 Å². The first-order chi connectivity index (χ1) is 12.5. The predicted molar refractivity (Wildman–Crippen MR) is 99.1 cm³/mol. The standard InChI is InChI=1S/C19H18N4O3/c1-12-6-5-8-15(13(12)2)21-19(26)22-18(25)11-23-16-9-4-3-7-14(16)17(24)10-20-23/h3-10H,11H2,1-2H3,(H2,21,22,25,26). The van der Waals surface area contributed by atoms with E-state index >= 15 is 0 Å². The molecule has 0 spiro atoms. The minimum atomic E-state index is -0.617. The number of nitrogens with zero attached hydrogens (tertiary/aromatic N) is 2. The van der Waals surface area contributed by atoms with Crippen LogP contribution in [0.1, 0.15) is 11.1 Å². The monoisotopic (exact) mass is 350 g/mol. The molecule has 26 heavy (non-hydrogen) atoms. The Morgan fingerprint density at radius 2 is 1.85 bits per heavy atom. The molecule has 0 aliphatic rings. The molecule has 0 fully saturated rings. The maximum atomic E-state index is 12.2. The summed E-state index contributed by atoms with van der Waals surface area (Å²) in [5.41, 5.74) is 2.93. The molecule has 0 radical (unpaired) electrons. The summed E-state index contributed by atoms with van der Waals surface area (Å²) in [6.45, 7) is 3.65. The Morgan fingerprint density at radius 1 is 1.08 bits per heavy atom. The highest BCUT2D eigenvalue weighted by molar-refractivity contribution is 6.01. The number of anilines is 1. The van der Waals surface area contributed by atoms with Gasteiger partial charge in [-0.1, -0.05) is 24.3 Å². The SMILES string of the molecule is Cc1cccc(NC(=O)NC(=O)Cn2ncc(=O)c3ccccc32)c1C. The van der Waals surface area contributed by atoms with Gasteiger partial charge in [0.05, 0.1) is 11.7 Å². The zero-order chi connectivity index (χ0) is 18.7. The third-order valence-corrected chi connectivity index (χ3v) is 4.16. The van der Waals surface area contributed by atoms with Crippen molar-refractivity contribution in [1.82, 2.24) is 15.1 Å². The van der Waals surface area contributed by atoms with E-state index in [4.69, 9.17) is 0 Å². The number of hydrogen-bond donors (Lipinski definition) is 2. The number of hydrogen-bond acceptors (Lipinski definition) is 4. The van der Waals surface area contributed by atoms with Crippen molar-refractivity contribution < 1.29 is 9.59 Å². The van der Waals surface area contributed by atoms with Gasteiger partial charge in [0.25, 0.3) is 0 Å². The van der Waals surface area contributed by atoms with E-state index in [1.54, 1.807) is 30.3 Å². The van der Waals surface area contributed by atoms with E-state index in [9.17, 15) is 14.4 Å². The summed E-state index contributed by atoms with van der Waals surface area (Å²) in [4.78, 5) is 36.1. The third-order valence-electron chi connectivity index (χ3n) is 4.16. The fourth-order valence-corrected chi connectivity index (χ4v) is 2.63. The van der Waals surface area contributed by atoms with Crippen molar-refractivity contribution in [2.45, 2.75) is 20.4 Å². The van der Waals surface area contributed by atoms with E-state index in [0.717, 1.165) is 17.3 Å². The Kier molecular flexibility index (Phi) is 4.79. The van der Waals surface area contributed by atoms with Gasteiger partial charge in [-0.3, -0.25) is 19.6 Å². The van der Waals surface area contributed by atoms with Crippen LogP contribution >= 0.6 is 0 Å². The Morgan fingerprint density at radius 3 is 2.65 bits per heavy atom. The Bertz CT molecular complexity index is 1060. The van der Waals surface area contributed by atoms with Gasteiger partial charge < -0.3 is 5.32 Å². The molecule has 7 heteroatoms. The lowest BCUT2D eigenvalue weighted by Crippen LogP contribution is -2.37. The van der Waals surface area contributed by atoms with Crippen LogP contribution in [0.3, 0.4) is 0 Å². The number of aryl methyl sites for hydroxylation is 1. The number of amides is 3. The van der Waals surface area contributed by atoms with E-state index in [2.05, 4.69) is 15.7 Å².